The minimum Gasteiger partial charge on any atom is -0.462 e. The highest BCUT2D eigenvalue weighted by atomic mass is 19.4. The van der Waals surface area contributed by atoms with Crippen molar-refractivity contribution in [2.24, 2.45) is 22.7 Å². The molecule has 0 aromatic heterocycles. The maximum Gasteiger partial charge on any atom is 0.423 e. The average Bonchev–Trinajstić information content (AvgIpc) is 3.22. The van der Waals surface area contributed by atoms with Gasteiger partial charge < -0.3 is 14.2 Å². The van der Waals surface area contributed by atoms with E-state index in [1.165, 1.54) is 27.7 Å². The number of carbonyl (C=O) groups excluding carboxylic acids is 2. The molecule has 0 aromatic carbocycles. The predicted octanol–water partition coefficient (Wildman–Crippen LogP) is 6.14. The van der Waals surface area contributed by atoms with Crippen molar-refractivity contribution in [3.8, 4) is 0 Å². The summed E-state index contributed by atoms with van der Waals surface area (Å²) in [5, 5.41) is 0. The second-order valence-corrected chi connectivity index (χ2v) is 10.8. The Morgan fingerprint density at radius 2 is 1.44 bits per heavy atom. The SMILES string of the molecule is CCC(C)(COC(C(F)(F)F)C(F)(F)F)C(=O)OC1CC2CC1C(C(=O)OC(C)(C)C)(C(F)(F)F)C2. The maximum absolute atomic E-state index is 14.3. The molecule has 0 spiro atoms. The van der Waals surface area contributed by atoms with Crippen LogP contribution < -0.4 is 0 Å². The molecular weight excluding hydrogens is 515 g/mol. The third-order valence-corrected chi connectivity index (χ3v) is 6.81. The first-order valence-electron chi connectivity index (χ1n) is 11.2. The molecule has 2 aliphatic rings. The fourth-order valence-corrected chi connectivity index (χ4v) is 4.79. The summed E-state index contributed by atoms with van der Waals surface area (Å²) in [6, 6.07) is 0. The summed E-state index contributed by atoms with van der Waals surface area (Å²) in [6.45, 7) is 5.10. The number of carbonyl (C=O) groups is 2. The van der Waals surface area contributed by atoms with Crippen molar-refractivity contribution >= 4 is 11.9 Å². The molecule has 0 amide bonds. The van der Waals surface area contributed by atoms with Gasteiger partial charge in [0.2, 0.25) is 6.10 Å². The fourth-order valence-electron chi connectivity index (χ4n) is 4.79. The van der Waals surface area contributed by atoms with E-state index in [-0.39, 0.29) is 19.3 Å². The minimum atomic E-state index is -5.80. The van der Waals surface area contributed by atoms with Gasteiger partial charge in [-0.15, -0.1) is 0 Å². The van der Waals surface area contributed by atoms with Gasteiger partial charge in [-0.25, -0.2) is 0 Å². The molecule has 2 rings (SSSR count). The van der Waals surface area contributed by atoms with Gasteiger partial charge in [-0.1, -0.05) is 6.92 Å². The molecule has 14 heteroatoms. The smallest absolute Gasteiger partial charge is 0.423 e. The summed E-state index contributed by atoms with van der Waals surface area (Å²) in [4.78, 5) is 25.6. The van der Waals surface area contributed by atoms with Crippen LogP contribution in [-0.4, -0.2) is 54.9 Å². The Bertz CT molecular complexity index is 816. The van der Waals surface area contributed by atoms with Gasteiger partial charge in [0.25, 0.3) is 0 Å². The van der Waals surface area contributed by atoms with E-state index in [0.29, 0.717) is 0 Å². The largest absolute Gasteiger partial charge is 0.462 e. The first kappa shape index (κ1) is 30.5. The molecule has 2 bridgehead atoms. The van der Waals surface area contributed by atoms with E-state index in [9.17, 15) is 49.1 Å². The quantitative estimate of drug-likeness (QED) is 0.285. The van der Waals surface area contributed by atoms with Crippen LogP contribution >= 0.6 is 0 Å². The van der Waals surface area contributed by atoms with Crippen LogP contribution in [0.2, 0.25) is 0 Å². The summed E-state index contributed by atoms with van der Waals surface area (Å²) < 4.78 is 134. The highest BCUT2D eigenvalue weighted by Crippen LogP contribution is 2.64. The Hall–Kier alpha value is -1.73. The summed E-state index contributed by atoms with van der Waals surface area (Å²) >= 11 is 0. The number of ether oxygens (including phenoxy) is 3. The lowest BCUT2D eigenvalue weighted by molar-refractivity contribution is -0.325. The molecule has 0 heterocycles. The molecule has 2 saturated carbocycles. The van der Waals surface area contributed by atoms with Gasteiger partial charge in [0.05, 0.1) is 12.0 Å². The molecule has 0 radical (unpaired) electrons. The van der Waals surface area contributed by atoms with Crippen molar-refractivity contribution < 1.29 is 63.3 Å². The van der Waals surface area contributed by atoms with E-state index in [1.807, 2.05) is 0 Å². The van der Waals surface area contributed by atoms with Crippen molar-refractivity contribution in [1.29, 1.82) is 0 Å². The van der Waals surface area contributed by atoms with Crippen LogP contribution in [0.1, 0.15) is 60.3 Å². The second-order valence-electron chi connectivity index (χ2n) is 10.8. The van der Waals surface area contributed by atoms with Gasteiger partial charge in [-0.2, -0.15) is 39.5 Å². The Balaban J connectivity index is 2.26. The molecule has 0 N–H and O–H groups in total. The molecule has 2 fully saturated rings. The molecule has 210 valence electrons. The zero-order valence-electron chi connectivity index (χ0n) is 20.3. The van der Waals surface area contributed by atoms with Crippen molar-refractivity contribution in [2.45, 2.75) is 96.6 Å². The Morgan fingerprint density at radius 1 is 0.917 bits per heavy atom. The number of hydrogen-bond acceptors (Lipinski definition) is 5. The summed E-state index contributed by atoms with van der Waals surface area (Å²) in [5.74, 6) is -4.99. The van der Waals surface area contributed by atoms with Crippen molar-refractivity contribution in [3.05, 3.63) is 0 Å². The van der Waals surface area contributed by atoms with Crippen molar-refractivity contribution in [2.75, 3.05) is 6.61 Å². The van der Waals surface area contributed by atoms with Crippen LogP contribution in [0.25, 0.3) is 0 Å². The Labute approximate surface area is 202 Å². The van der Waals surface area contributed by atoms with E-state index in [4.69, 9.17) is 9.47 Å². The van der Waals surface area contributed by atoms with Crippen LogP contribution in [0.4, 0.5) is 39.5 Å². The van der Waals surface area contributed by atoms with Crippen LogP contribution in [0.5, 0.6) is 0 Å². The van der Waals surface area contributed by atoms with Gasteiger partial charge in [0.15, 0.2) is 5.41 Å². The molecule has 0 aromatic rings. The van der Waals surface area contributed by atoms with Gasteiger partial charge in [0.1, 0.15) is 11.7 Å². The Morgan fingerprint density at radius 3 is 1.83 bits per heavy atom. The minimum absolute atomic E-state index is 0.0363. The average molecular weight is 544 g/mol. The number of halogens is 9. The molecule has 0 saturated heterocycles. The molecule has 5 nitrogen and oxygen atoms in total. The van der Waals surface area contributed by atoms with Gasteiger partial charge in [-0.3, -0.25) is 9.59 Å². The molecule has 2 aliphatic carbocycles. The zero-order valence-corrected chi connectivity index (χ0v) is 20.3. The highest BCUT2D eigenvalue weighted by molar-refractivity contribution is 5.80. The van der Waals surface area contributed by atoms with Crippen LogP contribution in [0, 0.1) is 22.7 Å². The third kappa shape index (κ3) is 6.04. The maximum atomic E-state index is 14.3. The van der Waals surface area contributed by atoms with Crippen molar-refractivity contribution in [1.82, 2.24) is 0 Å². The molecule has 5 atom stereocenters. The van der Waals surface area contributed by atoms with Gasteiger partial charge >= 0.3 is 30.5 Å². The van der Waals surface area contributed by atoms with Crippen LogP contribution in [-0.2, 0) is 23.8 Å². The normalized spacial score (nSPS) is 28.8. The topological polar surface area (TPSA) is 61.8 Å². The van der Waals surface area contributed by atoms with E-state index in [1.54, 1.807) is 0 Å². The zero-order chi connectivity index (χ0) is 28.1. The third-order valence-electron chi connectivity index (χ3n) is 6.81. The van der Waals surface area contributed by atoms with Gasteiger partial charge in [0, 0.05) is 5.92 Å². The van der Waals surface area contributed by atoms with E-state index in [2.05, 4.69) is 4.74 Å². The highest BCUT2D eigenvalue weighted by Gasteiger charge is 2.74. The monoisotopic (exact) mass is 544 g/mol. The summed E-state index contributed by atoms with van der Waals surface area (Å²) in [5.41, 5.74) is -6.22. The number of rotatable bonds is 7. The van der Waals surface area contributed by atoms with Crippen LogP contribution in [0.15, 0.2) is 0 Å². The number of esters is 2. The molecular formula is C22H29F9O5. The lowest BCUT2D eigenvalue weighted by Crippen LogP contribution is -2.55. The molecule has 0 aliphatic heterocycles. The summed E-state index contributed by atoms with van der Waals surface area (Å²) in [7, 11) is 0. The molecule has 36 heavy (non-hydrogen) atoms. The molecule has 5 unspecified atom stereocenters. The van der Waals surface area contributed by atoms with E-state index < -0.39 is 84.0 Å². The standard InChI is InChI=1S/C22H29F9O5/c1-6-18(5,10-34-14(20(23,24)25)21(26,27)28)15(32)35-13-8-11-7-12(13)19(9-11,22(29,30)31)16(33)36-17(2,3)4/h11-14H,6-10H2,1-5H3. The lowest BCUT2D eigenvalue weighted by Gasteiger charge is -2.42. The van der Waals surface area contributed by atoms with E-state index in [0.717, 1.165) is 6.92 Å². The number of alkyl halides is 9. The predicted molar refractivity (Wildman–Crippen MR) is 105 cm³/mol. The number of hydrogen-bond donors (Lipinski definition) is 0. The number of fused-ring (bicyclic) bond motifs is 2. The van der Waals surface area contributed by atoms with Crippen LogP contribution in [0.3, 0.4) is 0 Å². The summed E-state index contributed by atoms with van der Waals surface area (Å²) in [6.07, 6.45) is -23.3. The second kappa shape index (κ2) is 9.54. The first-order valence-corrected chi connectivity index (χ1v) is 11.2. The fraction of sp³-hybridized carbons (Fsp3) is 0.909. The van der Waals surface area contributed by atoms with E-state index >= 15 is 0 Å². The van der Waals surface area contributed by atoms with Gasteiger partial charge in [-0.05, 0) is 59.3 Å². The van der Waals surface area contributed by atoms with Crippen molar-refractivity contribution in [3.63, 3.8) is 0 Å². The Kier molecular flexibility index (Phi) is 8.08. The lowest BCUT2D eigenvalue weighted by atomic mass is 9.70. The first-order chi connectivity index (χ1) is 16.0.